The van der Waals surface area contributed by atoms with Crippen LogP contribution in [0.5, 0.6) is 0 Å². The molecule has 0 saturated heterocycles. The van der Waals surface area contributed by atoms with Gasteiger partial charge in [0.05, 0.1) is 33.6 Å². The number of rotatable bonds is 3. The summed E-state index contributed by atoms with van der Waals surface area (Å²) in [5.74, 6) is -1.10. The van der Waals surface area contributed by atoms with Crippen molar-refractivity contribution in [3.63, 3.8) is 0 Å². The summed E-state index contributed by atoms with van der Waals surface area (Å²) in [5.41, 5.74) is 9.41. The molecule has 3 N–H and O–H groups in total. The van der Waals surface area contributed by atoms with Crippen molar-refractivity contribution in [3.8, 4) is 5.69 Å². The first kappa shape index (κ1) is 21.2. The SMILES string of the molecule is Cc1ccc(N=Nc2nn(-c3ccc(C)cc3)c(=O)c3c(N)c4c(c(C)c23)C(=O)NC4=O)cc1. The molecule has 9 heteroatoms. The predicted molar refractivity (Wildman–Crippen MR) is 128 cm³/mol. The monoisotopic (exact) mass is 452 g/mol. The van der Waals surface area contributed by atoms with E-state index in [1.165, 1.54) is 4.68 Å². The fourth-order valence-corrected chi connectivity index (χ4v) is 4.09. The average Bonchev–Trinajstić information content (AvgIpc) is 3.12. The van der Waals surface area contributed by atoms with E-state index >= 15 is 0 Å². The molecule has 0 fully saturated rings. The Morgan fingerprint density at radius 2 is 1.38 bits per heavy atom. The molecule has 0 atom stereocenters. The number of benzene rings is 3. The number of aryl methyl sites for hydroxylation is 3. The predicted octanol–water partition coefficient (Wildman–Crippen LogP) is 4.19. The minimum Gasteiger partial charge on any atom is -0.397 e. The van der Waals surface area contributed by atoms with Gasteiger partial charge in [0.2, 0.25) is 5.82 Å². The molecule has 1 aliphatic heterocycles. The lowest BCUT2D eigenvalue weighted by Gasteiger charge is -2.14. The summed E-state index contributed by atoms with van der Waals surface area (Å²) in [6.07, 6.45) is 0. The van der Waals surface area contributed by atoms with Gasteiger partial charge in [-0.15, -0.1) is 15.3 Å². The number of nitrogens with zero attached hydrogens (tertiary/aromatic N) is 4. The average molecular weight is 452 g/mol. The summed E-state index contributed by atoms with van der Waals surface area (Å²) >= 11 is 0. The second-order valence-corrected chi connectivity index (χ2v) is 8.23. The van der Waals surface area contributed by atoms with E-state index in [-0.39, 0.29) is 33.4 Å². The van der Waals surface area contributed by atoms with E-state index in [2.05, 4.69) is 20.6 Å². The lowest BCUT2D eigenvalue weighted by molar-refractivity contribution is 0.0880. The highest BCUT2D eigenvalue weighted by molar-refractivity contribution is 6.28. The molecular weight excluding hydrogens is 432 g/mol. The molecule has 9 nitrogen and oxygen atoms in total. The molecule has 0 radical (unpaired) electrons. The molecule has 2 heterocycles. The Labute approximate surface area is 193 Å². The van der Waals surface area contributed by atoms with Crippen LogP contribution in [0.25, 0.3) is 16.5 Å². The van der Waals surface area contributed by atoms with Crippen LogP contribution in [0, 0.1) is 20.8 Å². The van der Waals surface area contributed by atoms with E-state index in [1.54, 1.807) is 19.1 Å². The third-order valence-corrected chi connectivity index (χ3v) is 5.87. The molecular formula is C25H20N6O3. The van der Waals surface area contributed by atoms with Gasteiger partial charge in [-0.3, -0.25) is 19.7 Å². The van der Waals surface area contributed by atoms with Crippen molar-refractivity contribution in [1.82, 2.24) is 15.1 Å². The number of carbonyl (C=O) groups excluding carboxylic acids is 2. The number of carbonyl (C=O) groups is 2. The lowest BCUT2D eigenvalue weighted by Crippen LogP contribution is -2.23. The Balaban J connectivity index is 1.86. The first-order valence-electron chi connectivity index (χ1n) is 10.6. The fraction of sp³-hybridized carbons (Fsp3) is 0.120. The maximum absolute atomic E-state index is 13.6. The van der Waals surface area contributed by atoms with E-state index in [0.29, 0.717) is 16.9 Å². The Morgan fingerprint density at radius 3 is 2.03 bits per heavy atom. The van der Waals surface area contributed by atoms with Crippen molar-refractivity contribution in [2.24, 2.45) is 10.2 Å². The Bertz CT molecular complexity index is 1600. The molecule has 0 spiro atoms. The number of amides is 2. The third-order valence-electron chi connectivity index (χ3n) is 5.87. The zero-order chi connectivity index (χ0) is 24.1. The molecule has 34 heavy (non-hydrogen) atoms. The van der Waals surface area contributed by atoms with Crippen molar-refractivity contribution >= 4 is 39.8 Å². The summed E-state index contributed by atoms with van der Waals surface area (Å²) in [4.78, 5) is 38.5. The zero-order valence-corrected chi connectivity index (χ0v) is 18.7. The van der Waals surface area contributed by atoms with Gasteiger partial charge >= 0.3 is 0 Å². The number of azo groups is 1. The first-order chi connectivity index (χ1) is 16.3. The number of anilines is 1. The number of aromatic nitrogens is 2. The second-order valence-electron chi connectivity index (χ2n) is 8.23. The maximum atomic E-state index is 13.6. The standard InChI is InChI=1S/C25H20N6O3/c1-12-4-8-15(9-5-12)28-29-22-17-14(3)18-19(24(33)27-23(18)32)21(26)20(17)25(34)31(30-22)16-10-6-13(2)7-11-16/h4-11H,26H2,1-3H3,(H,27,32,33). The third kappa shape index (κ3) is 3.25. The van der Waals surface area contributed by atoms with Crippen LogP contribution in [0.3, 0.4) is 0 Å². The van der Waals surface area contributed by atoms with Gasteiger partial charge in [0.25, 0.3) is 17.4 Å². The molecule has 1 aliphatic rings. The van der Waals surface area contributed by atoms with E-state index in [0.717, 1.165) is 11.1 Å². The van der Waals surface area contributed by atoms with Crippen LogP contribution in [0.4, 0.5) is 17.2 Å². The maximum Gasteiger partial charge on any atom is 0.281 e. The summed E-state index contributed by atoms with van der Waals surface area (Å²) in [7, 11) is 0. The minimum atomic E-state index is -0.636. The lowest BCUT2D eigenvalue weighted by atomic mass is 9.95. The van der Waals surface area contributed by atoms with Gasteiger partial charge in [0.1, 0.15) is 0 Å². The van der Waals surface area contributed by atoms with Crippen molar-refractivity contribution in [2.45, 2.75) is 20.8 Å². The number of fused-ring (bicyclic) bond motifs is 2. The van der Waals surface area contributed by atoms with Crippen molar-refractivity contribution < 1.29 is 9.59 Å². The van der Waals surface area contributed by atoms with Crippen LogP contribution < -0.4 is 16.6 Å². The number of imide groups is 1. The minimum absolute atomic E-state index is 0.00446. The molecule has 0 bridgehead atoms. The van der Waals surface area contributed by atoms with Crippen LogP contribution in [-0.2, 0) is 0 Å². The largest absolute Gasteiger partial charge is 0.397 e. The van der Waals surface area contributed by atoms with E-state index in [4.69, 9.17) is 5.73 Å². The smallest absolute Gasteiger partial charge is 0.281 e. The number of hydrogen-bond acceptors (Lipinski definition) is 7. The molecule has 168 valence electrons. The van der Waals surface area contributed by atoms with Gasteiger partial charge in [-0.1, -0.05) is 35.4 Å². The van der Waals surface area contributed by atoms with E-state index < -0.39 is 17.4 Å². The van der Waals surface area contributed by atoms with Crippen molar-refractivity contribution in [2.75, 3.05) is 5.73 Å². The van der Waals surface area contributed by atoms with Gasteiger partial charge in [-0.05, 0) is 50.6 Å². The van der Waals surface area contributed by atoms with Crippen molar-refractivity contribution in [3.05, 3.63) is 86.7 Å². The molecule has 0 unspecified atom stereocenters. The van der Waals surface area contributed by atoms with Crippen LogP contribution in [0.1, 0.15) is 37.4 Å². The molecule has 5 rings (SSSR count). The van der Waals surface area contributed by atoms with Crippen LogP contribution >= 0.6 is 0 Å². The normalized spacial score (nSPS) is 13.0. The molecule has 4 aromatic rings. The summed E-state index contributed by atoms with van der Waals surface area (Å²) in [6, 6.07) is 14.6. The molecule has 3 aromatic carbocycles. The quantitative estimate of drug-likeness (QED) is 0.273. The molecule has 0 aliphatic carbocycles. The van der Waals surface area contributed by atoms with Crippen LogP contribution in [-0.4, -0.2) is 21.6 Å². The van der Waals surface area contributed by atoms with Crippen LogP contribution in [0.2, 0.25) is 0 Å². The van der Waals surface area contributed by atoms with E-state index in [9.17, 15) is 14.4 Å². The number of nitrogens with two attached hydrogens (primary N) is 1. The van der Waals surface area contributed by atoms with Crippen molar-refractivity contribution in [1.29, 1.82) is 0 Å². The Morgan fingerprint density at radius 1 is 0.794 bits per heavy atom. The number of hydrogen-bond donors (Lipinski definition) is 2. The summed E-state index contributed by atoms with van der Waals surface area (Å²) in [6.45, 7) is 5.54. The number of nitrogen functional groups attached to an aromatic ring is 1. The molecule has 1 aromatic heterocycles. The molecule has 0 saturated carbocycles. The summed E-state index contributed by atoms with van der Waals surface area (Å²) < 4.78 is 1.18. The second kappa shape index (κ2) is 7.73. The van der Waals surface area contributed by atoms with Crippen LogP contribution in [0.15, 0.2) is 63.6 Å². The highest BCUT2D eigenvalue weighted by atomic mass is 16.2. The Kier molecular flexibility index (Phi) is 4.82. The van der Waals surface area contributed by atoms with Gasteiger partial charge in [-0.25, -0.2) is 0 Å². The number of nitrogens with one attached hydrogen (secondary N) is 1. The van der Waals surface area contributed by atoms with E-state index in [1.807, 2.05) is 50.2 Å². The first-order valence-corrected chi connectivity index (χ1v) is 10.6. The van der Waals surface area contributed by atoms with Gasteiger partial charge in [-0.2, -0.15) is 4.68 Å². The van der Waals surface area contributed by atoms with Gasteiger partial charge < -0.3 is 5.73 Å². The fourth-order valence-electron chi connectivity index (χ4n) is 4.09. The Hall–Kier alpha value is -4.66. The van der Waals surface area contributed by atoms with Gasteiger partial charge in [0.15, 0.2) is 0 Å². The zero-order valence-electron chi connectivity index (χ0n) is 18.7. The highest BCUT2D eigenvalue weighted by Crippen LogP contribution is 2.37. The summed E-state index contributed by atoms with van der Waals surface area (Å²) in [5, 5.41) is 15.7. The topological polar surface area (TPSA) is 132 Å². The highest BCUT2D eigenvalue weighted by Gasteiger charge is 2.35. The van der Waals surface area contributed by atoms with Gasteiger partial charge in [0, 0.05) is 5.39 Å². The molecule has 2 amide bonds.